The largest absolute Gasteiger partial charge is 0.342 e. The summed E-state index contributed by atoms with van der Waals surface area (Å²) in [6.07, 6.45) is 3.87. The third kappa shape index (κ3) is 2.95. The van der Waals surface area contributed by atoms with E-state index in [1.54, 1.807) is 25.3 Å². The number of hydrogen-bond donors (Lipinski definition) is 0. The number of nitrogens with zero attached hydrogens (tertiary/aromatic N) is 5. The van der Waals surface area contributed by atoms with E-state index in [2.05, 4.69) is 22.9 Å². The molecule has 0 unspecified atom stereocenters. The lowest BCUT2D eigenvalue weighted by atomic mass is 10.00. The van der Waals surface area contributed by atoms with Crippen molar-refractivity contribution in [3.63, 3.8) is 0 Å². The van der Waals surface area contributed by atoms with Crippen LogP contribution in [0.4, 0.5) is 11.6 Å². The highest BCUT2D eigenvalue weighted by molar-refractivity contribution is 5.52. The number of aryl methyl sites for hydroxylation is 1. The zero-order valence-corrected chi connectivity index (χ0v) is 13.8. The number of imidazole rings is 1. The van der Waals surface area contributed by atoms with Crippen LogP contribution < -0.4 is 4.90 Å². The van der Waals surface area contributed by atoms with E-state index in [0.29, 0.717) is 17.2 Å². The fourth-order valence-corrected chi connectivity index (χ4v) is 3.04. The number of nitriles is 1. The van der Waals surface area contributed by atoms with E-state index in [1.807, 2.05) is 4.57 Å². The quantitative estimate of drug-likeness (QED) is 0.638. The van der Waals surface area contributed by atoms with Crippen molar-refractivity contribution < 1.29 is 4.92 Å². The zero-order chi connectivity index (χ0) is 17.3. The molecule has 0 aliphatic carbocycles. The molecule has 24 heavy (non-hydrogen) atoms. The Morgan fingerprint density at radius 1 is 1.38 bits per heavy atom. The van der Waals surface area contributed by atoms with Gasteiger partial charge in [0, 0.05) is 36.6 Å². The molecule has 0 spiro atoms. The first-order chi connectivity index (χ1) is 11.5. The fraction of sp³-hybridized carbons (Fsp3) is 0.412. The molecule has 1 aliphatic rings. The predicted octanol–water partition coefficient (Wildman–Crippen LogP) is 3.20. The minimum atomic E-state index is -0.388. The van der Waals surface area contributed by atoms with Gasteiger partial charge in [0.2, 0.25) is 5.95 Å². The molecule has 7 heteroatoms. The van der Waals surface area contributed by atoms with Crippen LogP contribution in [-0.4, -0.2) is 27.6 Å². The van der Waals surface area contributed by atoms with Crippen LogP contribution >= 0.6 is 0 Å². The van der Waals surface area contributed by atoms with Gasteiger partial charge >= 0.3 is 0 Å². The van der Waals surface area contributed by atoms with Crippen molar-refractivity contribution in [1.29, 1.82) is 5.26 Å². The first-order valence-electron chi connectivity index (χ1n) is 7.99. The van der Waals surface area contributed by atoms with Gasteiger partial charge in [0.25, 0.3) is 5.69 Å². The number of aromatic nitrogens is 2. The van der Waals surface area contributed by atoms with Gasteiger partial charge in [-0.3, -0.25) is 14.7 Å². The number of hydrogen-bond acceptors (Lipinski definition) is 5. The highest BCUT2D eigenvalue weighted by Gasteiger charge is 2.22. The van der Waals surface area contributed by atoms with Crippen LogP contribution in [-0.2, 0) is 0 Å². The van der Waals surface area contributed by atoms with E-state index < -0.39 is 0 Å². The highest BCUT2D eigenvalue weighted by atomic mass is 16.6. The molecule has 1 aromatic carbocycles. The van der Waals surface area contributed by atoms with E-state index in [1.165, 1.54) is 6.07 Å². The van der Waals surface area contributed by atoms with Crippen molar-refractivity contribution in [3.05, 3.63) is 45.8 Å². The van der Waals surface area contributed by atoms with Crippen molar-refractivity contribution in [2.45, 2.75) is 26.7 Å². The molecule has 0 atom stereocenters. The number of piperidine rings is 1. The number of nitro groups is 1. The summed E-state index contributed by atoms with van der Waals surface area (Å²) >= 11 is 0. The SMILES string of the molecule is Cc1cc(-n2cc(C#N)nc2N2CCC(C)CC2)ccc1[N+](=O)[O-]. The molecule has 1 aromatic heterocycles. The van der Waals surface area contributed by atoms with Gasteiger partial charge in [-0.05, 0) is 37.8 Å². The number of anilines is 1. The third-order valence-corrected chi connectivity index (χ3v) is 4.52. The third-order valence-electron chi connectivity index (χ3n) is 4.52. The molecule has 2 aromatic rings. The predicted molar refractivity (Wildman–Crippen MR) is 90.3 cm³/mol. The van der Waals surface area contributed by atoms with Crippen LogP contribution in [0.25, 0.3) is 5.69 Å². The minimum Gasteiger partial charge on any atom is -0.342 e. The second-order valence-electron chi connectivity index (χ2n) is 6.31. The monoisotopic (exact) mass is 325 g/mol. The first-order valence-corrected chi connectivity index (χ1v) is 7.99. The molecule has 1 fully saturated rings. The topological polar surface area (TPSA) is 88.0 Å². The van der Waals surface area contributed by atoms with E-state index in [-0.39, 0.29) is 10.6 Å². The van der Waals surface area contributed by atoms with Crippen LogP contribution in [0.1, 0.15) is 31.0 Å². The van der Waals surface area contributed by atoms with Gasteiger partial charge in [0.1, 0.15) is 6.07 Å². The molecule has 0 radical (unpaired) electrons. The summed E-state index contributed by atoms with van der Waals surface area (Å²) in [4.78, 5) is 17.2. The molecule has 0 N–H and O–H groups in total. The summed E-state index contributed by atoms with van der Waals surface area (Å²) in [5, 5.41) is 20.2. The fourth-order valence-electron chi connectivity index (χ4n) is 3.04. The second-order valence-corrected chi connectivity index (χ2v) is 6.31. The zero-order valence-electron chi connectivity index (χ0n) is 13.8. The highest BCUT2D eigenvalue weighted by Crippen LogP contribution is 2.27. The number of benzene rings is 1. The number of nitro benzene ring substituents is 1. The van der Waals surface area contributed by atoms with Crippen molar-refractivity contribution in [2.75, 3.05) is 18.0 Å². The van der Waals surface area contributed by atoms with E-state index in [0.717, 1.165) is 37.6 Å². The van der Waals surface area contributed by atoms with E-state index in [4.69, 9.17) is 0 Å². The van der Waals surface area contributed by atoms with Crippen LogP contribution in [0.2, 0.25) is 0 Å². The van der Waals surface area contributed by atoms with E-state index in [9.17, 15) is 15.4 Å². The Bertz CT molecular complexity index is 813. The van der Waals surface area contributed by atoms with Gasteiger partial charge in [-0.25, -0.2) is 4.98 Å². The van der Waals surface area contributed by atoms with Crippen molar-refractivity contribution in [3.8, 4) is 11.8 Å². The summed E-state index contributed by atoms with van der Waals surface area (Å²) in [5.41, 5.74) is 1.80. The van der Waals surface area contributed by atoms with Crippen LogP contribution in [0.5, 0.6) is 0 Å². The normalized spacial score (nSPS) is 15.3. The van der Waals surface area contributed by atoms with Gasteiger partial charge in [-0.1, -0.05) is 6.92 Å². The Balaban J connectivity index is 2.01. The lowest BCUT2D eigenvalue weighted by Gasteiger charge is -2.31. The van der Waals surface area contributed by atoms with Crippen molar-refractivity contribution in [2.24, 2.45) is 5.92 Å². The van der Waals surface area contributed by atoms with Crippen molar-refractivity contribution >= 4 is 11.6 Å². The van der Waals surface area contributed by atoms with Gasteiger partial charge in [0.15, 0.2) is 5.69 Å². The Kier molecular flexibility index (Phi) is 4.21. The Labute approximate surface area is 140 Å². The molecule has 1 aliphatic heterocycles. The maximum atomic E-state index is 11.0. The van der Waals surface area contributed by atoms with Gasteiger partial charge in [0.05, 0.1) is 4.92 Å². The molecule has 2 heterocycles. The van der Waals surface area contributed by atoms with Crippen LogP contribution in [0.3, 0.4) is 0 Å². The lowest BCUT2D eigenvalue weighted by molar-refractivity contribution is -0.385. The maximum Gasteiger partial charge on any atom is 0.272 e. The molecular formula is C17H19N5O2. The average Bonchev–Trinajstić information content (AvgIpc) is 2.99. The molecule has 3 rings (SSSR count). The number of rotatable bonds is 3. The molecule has 0 amide bonds. The first kappa shape index (κ1) is 16.0. The molecule has 124 valence electrons. The summed E-state index contributed by atoms with van der Waals surface area (Å²) in [7, 11) is 0. The standard InChI is InChI=1S/C17H19N5O2/c1-12-5-7-20(8-6-12)17-19-14(10-18)11-21(17)15-3-4-16(22(23)24)13(2)9-15/h3-4,9,11-12H,5-8H2,1-2H3. The minimum absolute atomic E-state index is 0.0905. The lowest BCUT2D eigenvalue weighted by Crippen LogP contribution is -2.34. The van der Waals surface area contributed by atoms with Gasteiger partial charge in [-0.2, -0.15) is 5.26 Å². The van der Waals surface area contributed by atoms with Crippen LogP contribution in [0, 0.1) is 34.3 Å². The maximum absolute atomic E-state index is 11.0. The smallest absolute Gasteiger partial charge is 0.272 e. The van der Waals surface area contributed by atoms with Crippen LogP contribution in [0.15, 0.2) is 24.4 Å². The van der Waals surface area contributed by atoms with Crippen molar-refractivity contribution in [1.82, 2.24) is 9.55 Å². The van der Waals surface area contributed by atoms with Gasteiger partial charge < -0.3 is 4.90 Å². The average molecular weight is 325 g/mol. The summed E-state index contributed by atoms with van der Waals surface area (Å²) in [6.45, 7) is 5.75. The Morgan fingerprint density at radius 2 is 2.08 bits per heavy atom. The molecule has 0 bridgehead atoms. The second kappa shape index (κ2) is 6.32. The Morgan fingerprint density at radius 3 is 2.67 bits per heavy atom. The Hall–Kier alpha value is -2.88. The molecular weight excluding hydrogens is 306 g/mol. The van der Waals surface area contributed by atoms with Gasteiger partial charge in [-0.15, -0.1) is 0 Å². The molecule has 1 saturated heterocycles. The molecule has 0 saturated carbocycles. The molecule has 7 nitrogen and oxygen atoms in total. The van der Waals surface area contributed by atoms with E-state index >= 15 is 0 Å². The summed E-state index contributed by atoms with van der Waals surface area (Å²) < 4.78 is 1.85. The summed E-state index contributed by atoms with van der Waals surface area (Å²) in [6, 6.07) is 7.04. The summed E-state index contributed by atoms with van der Waals surface area (Å²) in [5.74, 6) is 1.42.